The fourth-order valence-electron chi connectivity index (χ4n) is 9.66. The van der Waals surface area contributed by atoms with Crippen LogP contribution in [0.1, 0.15) is 329 Å². The van der Waals surface area contributed by atoms with Crippen molar-refractivity contribution < 1.29 is 28.6 Å². The number of hydrogen-bond donors (Lipinski definition) is 0. The third-order valence-electron chi connectivity index (χ3n) is 14.7. The number of carbonyl (C=O) groups is 3. The van der Waals surface area contributed by atoms with Gasteiger partial charge in [0.25, 0.3) is 0 Å². The van der Waals surface area contributed by atoms with E-state index in [-0.39, 0.29) is 31.1 Å². The van der Waals surface area contributed by atoms with Crippen LogP contribution in [0.4, 0.5) is 0 Å². The van der Waals surface area contributed by atoms with E-state index in [9.17, 15) is 14.4 Å². The van der Waals surface area contributed by atoms with Gasteiger partial charge in [0.05, 0.1) is 0 Å². The number of rotatable bonds is 62. The second-order valence-corrected chi connectivity index (χ2v) is 22.7. The lowest BCUT2D eigenvalue weighted by Gasteiger charge is -2.18. The maximum absolute atomic E-state index is 13.0. The Morgan fingerprint density at radius 1 is 0.259 bits per heavy atom. The monoisotopic (exact) mass is 1120 g/mol. The number of carbonyl (C=O) groups excluding carboxylic acids is 3. The van der Waals surface area contributed by atoms with Gasteiger partial charge < -0.3 is 14.2 Å². The molecular formula is C75H128O6. The van der Waals surface area contributed by atoms with Gasteiger partial charge in [-0.15, -0.1) is 0 Å². The van der Waals surface area contributed by atoms with Crippen molar-refractivity contribution in [3.05, 3.63) is 109 Å². The van der Waals surface area contributed by atoms with Crippen molar-refractivity contribution in [2.24, 2.45) is 0 Å². The van der Waals surface area contributed by atoms with Gasteiger partial charge in [0.1, 0.15) is 13.2 Å². The highest BCUT2D eigenvalue weighted by Gasteiger charge is 2.19. The first-order valence-corrected chi connectivity index (χ1v) is 34.4. The molecule has 1 unspecified atom stereocenters. The van der Waals surface area contributed by atoms with Gasteiger partial charge in [0, 0.05) is 19.3 Å². The third kappa shape index (κ3) is 66.8. The summed E-state index contributed by atoms with van der Waals surface area (Å²) in [6.07, 6.45) is 93.9. The number of allylic oxidation sites excluding steroid dienone is 18. The Kier molecular flexibility index (Phi) is 65.2. The molecule has 0 aromatic heterocycles. The maximum Gasteiger partial charge on any atom is 0.306 e. The SMILES string of the molecule is CC/C=C\C/C=C\C/C=C\C/C=C\CCCCCCCCCCCCCCC(=O)OCC(COC(=O)CCCCCCC/C=C\C/C=C\C/C=C\CC)OC(=O)CCCCCCCCCCCCC/C=C\C/C=C\CCCCCCC. The molecule has 0 radical (unpaired) electrons. The molecule has 0 aliphatic carbocycles. The highest BCUT2D eigenvalue weighted by atomic mass is 16.6. The minimum Gasteiger partial charge on any atom is -0.462 e. The van der Waals surface area contributed by atoms with Gasteiger partial charge >= 0.3 is 17.9 Å². The molecule has 0 rings (SSSR count). The smallest absolute Gasteiger partial charge is 0.306 e. The summed E-state index contributed by atoms with van der Waals surface area (Å²) in [5, 5.41) is 0. The van der Waals surface area contributed by atoms with Gasteiger partial charge in [-0.3, -0.25) is 14.4 Å². The summed E-state index contributed by atoms with van der Waals surface area (Å²) in [4.78, 5) is 38.4. The topological polar surface area (TPSA) is 78.9 Å². The molecule has 81 heavy (non-hydrogen) atoms. The molecule has 1 atom stereocenters. The first kappa shape index (κ1) is 77.1. The highest BCUT2D eigenvalue weighted by molar-refractivity contribution is 5.71. The summed E-state index contributed by atoms with van der Waals surface area (Å²) in [5.74, 6) is -0.894. The van der Waals surface area contributed by atoms with Crippen molar-refractivity contribution >= 4 is 17.9 Å². The van der Waals surface area contributed by atoms with Crippen LogP contribution in [0.25, 0.3) is 0 Å². The summed E-state index contributed by atoms with van der Waals surface area (Å²) in [6, 6.07) is 0. The van der Waals surface area contributed by atoms with Crippen molar-refractivity contribution in [3.8, 4) is 0 Å². The first-order chi connectivity index (χ1) is 40.0. The van der Waals surface area contributed by atoms with Crippen molar-refractivity contribution in [2.45, 2.75) is 335 Å². The van der Waals surface area contributed by atoms with Gasteiger partial charge in [0.15, 0.2) is 6.10 Å². The normalized spacial score (nSPS) is 12.8. The lowest BCUT2D eigenvalue weighted by molar-refractivity contribution is -0.167. The van der Waals surface area contributed by atoms with Crippen molar-refractivity contribution in [1.82, 2.24) is 0 Å². The minimum absolute atomic E-state index is 0.0849. The Morgan fingerprint density at radius 2 is 0.481 bits per heavy atom. The molecule has 0 saturated carbocycles. The zero-order chi connectivity index (χ0) is 58.5. The second kappa shape index (κ2) is 68.6. The van der Waals surface area contributed by atoms with Gasteiger partial charge in [-0.2, -0.15) is 0 Å². The van der Waals surface area contributed by atoms with Crippen LogP contribution in [0.5, 0.6) is 0 Å². The lowest BCUT2D eigenvalue weighted by atomic mass is 10.0. The molecule has 0 aliphatic rings. The Balaban J connectivity index is 4.34. The maximum atomic E-state index is 13.0. The molecule has 0 aromatic carbocycles. The molecular weight excluding hydrogens is 997 g/mol. The fourth-order valence-corrected chi connectivity index (χ4v) is 9.66. The molecule has 0 aliphatic heterocycles. The largest absolute Gasteiger partial charge is 0.462 e. The van der Waals surface area contributed by atoms with Crippen LogP contribution in [0, 0.1) is 0 Å². The molecule has 6 nitrogen and oxygen atoms in total. The van der Waals surface area contributed by atoms with Crippen LogP contribution < -0.4 is 0 Å². The summed E-state index contributed by atoms with van der Waals surface area (Å²) in [6.45, 7) is 6.42. The second-order valence-electron chi connectivity index (χ2n) is 22.7. The predicted octanol–water partition coefficient (Wildman–Crippen LogP) is 23.8. The Labute approximate surface area is 501 Å². The molecule has 0 aromatic rings. The van der Waals surface area contributed by atoms with Gasteiger partial charge in [-0.05, 0) is 122 Å². The Bertz CT molecular complexity index is 1620. The average Bonchev–Trinajstić information content (AvgIpc) is 3.47. The Hall–Kier alpha value is -3.93. The van der Waals surface area contributed by atoms with E-state index in [2.05, 4.69) is 130 Å². The molecule has 464 valence electrons. The van der Waals surface area contributed by atoms with Crippen LogP contribution in [-0.4, -0.2) is 37.2 Å². The molecule has 0 amide bonds. The van der Waals surface area contributed by atoms with Gasteiger partial charge in [0.2, 0.25) is 0 Å². The fraction of sp³-hybridized carbons (Fsp3) is 0.720. The van der Waals surface area contributed by atoms with E-state index in [1.54, 1.807) is 0 Å². The third-order valence-corrected chi connectivity index (χ3v) is 14.7. The van der Waals surface area contributed by atoms with Crippen molar-refractivity contribution in [2.75, 3.05) is 13.2 Å². The van der Waals surface area contributed by atoms with Crippen LogP contribution in [0.15, 0.2) is 109 Å². The number of unbranched alkanes of at least 4 members (excludes halogenated alkanes) is 33. The molecule has 6 heteroatoms. The van der Waals surface area contributed by atoms with Crippen LogP contribution in [0.3, 0.4) is 0 Å². The van der Waals surface area contributed by atoms with Crippen molar-refractivity contribution in [1.29, 1.82) is 0 Å². The predicted molar refractivity (Wildman–Crippen MR) is 353 cm³/mol. The first-order valence-electron chi connectivity index (χ1n) is 34.4. The number of hydrogen-bond acceptors (Lipinski definition) is 6. The molecule has 0 bridgehead atoms. The molecule has 0 heterocycles. The van der Waals surface area contributed by atoms with E-state index in [0.717, 1.165) is 128 Å². The number of ether oxygens (including phenoxy) is 3. The summed E-state index contributed by atoms with van der Waals surface area (Å²) in [5.41, 5.74) is 0. The average molecular weight is 1130 g/mol. The van der Waals surface area contributed by atoms with E-state index in [0.29, 0.717) is 19.3 Å². The van der Waals surface area contributed by atoms with Gasteiger partial charge in [-0.1, -0.05) is 297 Å². The quantitative estimate of drug-likeness (QED) is 0.0261. The Morgan fingerprint density at radius 3 is 0.753 bits per heavy atom. The lowest BCUT2D eigenvalue weighted by Crippen LogP contribution is -2.30. The van der Waals surface area contributed by atoms with Crippen molar-refractivity contribution in [3.63, 3.8) is 0 Å². The molecule has 0 spiro atoms. The van der Waals surface area contributed by atoms with Crippen LogP contribution >= 0.6 is 0 Å². The van der Waals surface area contributed by atoms with E-state index in [1.807, 2.05) is 0 Å². The van der Waals surface area contributed by atoms with E-state index < -0.39 is 6.10 Å². The van der Waals surface area contributed by atoms with Gasteiger partial charge in [-0.25, -0.2) is 0 Å². The van der Waals surface area contributed by atoms with E-state index in [4.69, 9.17) is 14.2 Å². The van der Waals surface area contributed by atoms with Crippen LogP contribution in [-0.2, 0) is 28.6 Å². The van der Waals surface area contributed by atoms with Crippen LogP contribution in [0.2, 0.25) is 0 Å². The molecule has 0 saturated heterocycles. The van der Waals surface area contributed by atoms with E-state index in [1.165, 1.54) is 161 Å². The van der Waals surface area contributed by atoms with E-state index >= 15 is 0 Å². The molecule has 0 N–H and O–H groups in total. The minimum atomic E-state index is -0.790. The molecule has 0 fully saturated rings. The summed E-state index contributed by atoms with van der Waals surface area (Å²) in [7, 11) is 0. The zero-order valence-electron chi connectivity index (χ0n) is 53.3. The standard InChI is InChI=1S/C75H128O6/c1-4-7-10-13-16-19-22-25-28-30-32-34-36-37-39-40-42-44-47-50-53-56-59-62-65-68-74(77)80-71-72(70-79-73(76)67-64-61-58-55-52-49-46-27-24-21-18-15-12-9-6-3)81-75(78)69-66-63-60-57-54-51-48-45-43-41-38-35-33-31-29-26-23-20-17-14-11-8-5-2/h7,9-10,12,16,18-19,21,23,25-28,31-34,46,72H,4-6,8,11,13-15,17,20,22,24,29-30,35-45,47-71H2,1-3H3/b10-7-,12-9-,19-16-,21-18-,26-23-,28-25-,33-31-,34-32-,46-27-. The highest BCUT2D eigenvalue weighted by Crippen LogP contribution is 2.17. The summed E-state index contributed by atoms with van der Waals surface area (Å²) < 4.78 is 17.0. The summed E-state index contributed by atoms with van der Waals surface area (Å²) >= 11 is 0. The zero-order valence-corrected chi connectivity index (χ0v) is 53.3. The number of esters is 3.